The number of thioether (sulfide) groups is 1. The van der Waals surface area contributed by atoms with E-state index in [0.717, 1.165) is 86.8 Å². The lowest BCUT2D eigenvalue weighted by molar-refractivity contribution is -0.347. The molecule has 0 aromatic carbocycles. The molecule has 75 heavy (non-hydrogen) atoms. The van der Waals surface area contributed by atoms with E-state index in [0.29, 0.717) is 5.75 Å². The second kappa shape index (κ2) is 30.5. The molecule has 4 heterocycles. The summed E-state index contributed by atoms with van der Waals surface area (Å²) in [5.41, 5.74) is 4.06. The summed E-state index contributed by atoms with van der Waals surface area (Å²) in [5.74, 6) is -1.27. The highest BCUT2D eigenvalue weighted by atomic mass is 32.2. The number of allylic oxidation sites excluding steroid dienone is 1. The van der Waals surface area contributed by atoms with Crippen LogP contribution in [0, 0.1) is 5.41 Å². The van der Waals surface area contributed by atoms with Crippen molar-refractivity contribution in [1.29, 1.82) is 0 Å². The number of unbranched alkanes of at least 4 members (excludes halogenated alkanes) is 9. The van der Waals surface area contributed by atoms with Crippen molar-refractivity contribution >= 4 is 69.1 Å². The number of amides is 2. The van der Waals surface area contributed by atoms with Crippen LogP contribution in [0.15, 0.2) is 24.8 Å². The van der Waals surface area contributed by atoms with Crippen LogP contribution in [0.5, 0.6) is 0 Å². The average Bonchev–Trinajstić information content (AvgIpc) is 3.89. The van der Waals surface area contributed by atoms with Crippen LogP contribution in [0.2, 0.25) is 0 Å². The monoisotopic (exact) mass is 1150 g/mol. The van der Waals surface area contributed by atoms with Gasteiger partial charge in [0.15, 0.2) is 24.0 Å². The van der Waals surface area contributed by atoms with Gasteiger partial charge in [0.05, 0.1) is 45.7 Å². The van der Waals surface area contributed by atoms with Gasteiger partial charge in [-0.3, -0.25) is 28.1 Å². The predicted octanol–water partition coefficient (Wildman–Crippen LogP) is 0.246. The van der Waals surface area contributed by atoms with Crippen molar-refractivity contribution in [2.45, 2.75) is 173 Å². The summed E-state index contributed by atoms with van der Waals surface area (Å²) in [5, 5.41) is 46.2. The second-order valence-electron chi connectivity index (χ2n) is 18.8. The fourth-order valence-electron chi connectivity index (χ4n) is 7.78. The van der Waals surface area contributed by atoms with E-state index < -0.39 is 103 Å². The Hall–Kier alpha value is -2.86. The molecule has 12 atom stereocenters. The normalized spacial score (nSPS) is 25.0. The van der Waals surface area contributed by atoms with Gasteiger partial charge in [0, 0.05) is 37.1 Å². The third kappa shape index (κ3) is 22.4. The van der Waals surface area contributed by atoms with Gasteiger partial charge < -0.3 is 88.7 Å². The molecule has 2 aliphatic heterocycles. The van der Waals surface area contributed by atoms with Gasteiger partial charge in [0.2, 0.25) is 16.9 Å². The highest BCUT2D eigenvalue weighted by Crippen LogP contribution is 2.56. The summed E-state index contributed by atoms with van der Waals surface area (Å²) in [7, 11) is -17.7. The van der Waals surface area contributed by atoms with E-state index in [1.54, 1.807) is 6.92 Å². The second-order valence-corrected chi connectivity index (χ2v) is 24.0. The molecular formula is C43H70N7O21P3S-4. The molecule has 0 radical (unpaired) electrons. The van der Waals surface area contributed by atoms with Crippen molar-refractivity contribution in [2.75, 3.05) is 37.8 Å². The Bertz CT molecular complexity index is 2310. The van der Waals surface area contributed by atoms with E-state index in [9.17, 15) is 68.1 Å². The number of aromatic nitrogens is 4. The lowest BCUT2D eigenvalue weighted by atomic mass is 9.87. The number of nitrogens with two attached hydrogens (primary N) is 1. The number of carbonyl (C=O) groups excluding carboxylic acids is 3. The number of phosphoric acid groups is 3. The van der Waals surface area contributed by atoms with Crippen molar-refractivity contribution < 1.29 is 100 Å². The molecule has 0 saturated carbocycles. The van der Waals surface area contributed by atoms with Gasteiger partial charge in [-0.05, 0) is 39.2 Å². The first kappa shape index (κ1) is 64.7. The summed E-state index contributed by atoms with van der Waals surface area (Å²) < 4.78 is 72.3. The molecule has 2 aliphatic rings. The number of hydrogen-bond acceptors (Lipinski definition) is 26. The molecule has 2 unspecified atom stereocenters. The maximum absolute atomic E-state index is 12.7. The van der Waals surface area contributed by atoms with E-state index in [4.69, 9.17) is 19.9 Å². The molecule has 2 amide bonds. The number of carbonyl (C=O) groups is 3. The summed E-state index contributed by atoms with van der Waals surface area (Å²) in [6.45, 7) is 3.78. The maximum atomic E-state index is 12.7. The zero-order valence-electron chi connectivity index (χ0n) is 42.2. The maximum Gasteiger partial charge on any atom is 0.274 e. The molecule has 32 heteroatoms. The largest absolute Gasteiger partial charge is 0.790 e. The zero-order valence-corrected chi connectivity index (χ0v) is 45.7. The van der Waals surface area contributed by atoms with Crippen molar-refractivity contribution in [1.82, 2.24) is 30.2 Å². The smallest absolute Gasteiger partial charge is 0.274 e. The third-order valence-electron chi connectivity index (χ3n) is 12.0. The Morgan fingerprint density at radius 2 is 1.59 bits per heavy atom. The minimum atomic E-state index is -5.94. The number of fused-ring (bicyclic) bond motifs is 1. The number of aliphatic hydroxyl groups excluding tert-OH is 4. The molecular weight excluding hydrogens is 1080 g/mol. The Balaban J connectivity index is 1.02. The van der Waals surface area contributed by atoms with Crippen molar-refractivity contribution in [3.8, 4) is 0 Å². The van der Waals surface area contributed by atoms with Crippen LogP contribution in [-0.4, -0.2) is 144 Å². The Morgan fingerprint density at radius 3 is 2.27 bits per heavy atom. The zero-order chi connectivity index (χ0) is 55.6. The first-order valence-corrected chi connectivity index (χ1v) is 29.9. The number of anilines is 1. The summed E-state index contributed by atoms with van der Waals surface area (Å²) >= 11 is 1.03. The van der Waals surface area contributed by atoms with E-state index in [1.807, 2.05) is 13.0 Å². The number of nitrogen functional groups attached to an aromatic ring is 1. The topological polar surface area (TPSA) is 434 Å². The van der Waals surface area contributed by atoms with Crippen LogP contribution < -0.4 is 35.9 Å². The highest BCUT2D eigenvalue weighted by Gasteiger charge is 2.47. The minimum absolute atomic E-state index is 0.0258. The van der Waals surface area contributed by atoms with Crippen LogP contribution in [0.4, 0.5) is 5.82 Å². The third-order valence-corrected chi connectivity index (χ3v) is 15.9. The molecule has 2 aromatic heterocycles. The fourth-order valence-corrected chi connectivity index (χ4v) is 11.1. The number of ether oxygens (including phenoxy) is 3. The summed E-state index contributed by atoms with van der Waals surface area (Å²) in [4.78, 5) is 97.0. The first-order chi connectivity index (χ1) is 35.2. The standard InChI is InChI=1S/C43H74N7O21P3S/c1-27(67-42-30(52)22-29(51)28(2)68-42)16-14-12-10-8-6-5-7-9-11-13-15-17-33(54)75-21-20-45-32(53)18-19-46-40(57)37(56)43(3,4)24-66-74(63,64)71-73(61,62)65-23-31-36(70-72(58,59)60)35(55)41(69-31)50-26-49-34-38(44)47-25-48-39(34)50/h15,17,25-31,35-37,41-42,51-52,55-56H,5-14,16,18-24H2,1-4H3,(H,45,53)(H,46,57)(H,61,62)(H,63,64)(H2,44,47,48)(H2,58,59,60)/p-4/b17-15+/t27-,28+,29-,30-,31-,35-,36-,37+,41-,42-/m1/s1. The van der Waals surface area contributed by atoms with Gasteiger partial charge in [-0.25, -0.2) is 19.3 Å². The molecule has 0 aliphatic carbocycles. The lowest BCUT2D eigenvalue weighted by Gasteiger charge is -2.36. The molecule has 2 fully saturated rings. The highest BCUT2D eigenvalue weighted by molar-refractivity contribution is 8.14. The van der Waals surface area contributed by atoms with E-state index >= 15 is 0 Å². The fraction of sp³-hybridized carbons (Fsp3) is 0.767. The molecule has 4 rings (SSSR count). The molecule has 0 spiro atoms. The number of nitrogens with one attached hydrogen (secondary N) is 2. The van der Waals surface area contributed by atoms with E-state index in [-0.39, 0.29) is 60.2 Å². The minimum Gasteiger partial charge on any atom is -0.790 e. The molecule has 428 valence electrons. The average molecular weight is 1150 g/mol. The van der Waals surface area contributed by atoms with Gasteiger partial charge in [-0.1, -0.05) is 83.1 Å². The van der Waals surface area contributed by atoms with Gasteiger partial charge in [0.25, 0.3) is 15.6 Å². The molecule has 8 N–H and O–H groups in total. The molecule has 28 nitrogen and oxygen atoms in total. The lowest BCUT2D eigenvalue weighted by Crippen LogP contribution is -2.48. The quantitative estimate of drug-likeness (QED) is 0.0280. The van der Waals surface area contributed by atoms with Crippen LogP contribution >= 0.6 is 35.2 Å². The predicted molar refractivity (Wildman–Crippen MR) is 260 cm³/mol. The number of nitrogens with zero attached hydrogens (tertiary/aromatic N) is 4. The number of phosphoric ester groups is 3. The van der Waals surface area contributed by atoms with Crippen LogP contribution in [0.1, 0.15) is 117 Å². The van der Waals surface area contributed by atoms with E-state index in [2.05, 4.69) is 43.5 Å². The van der Waals surface area contributed by atoms with Gasteiger partial charge in [-0.2, -0.15) is 0 Å². The Kier molecular flexibility index (Phi) is 26.3. The van der Waals surface area contributed by atoms with Crippen molar-refractivity contribution in [3.05, 3.63) is 24.8 Å². The van der Waals surface area contributed by atoms with E-state index in [1.165, 1.54) is 32.8 Å². The molecule has 2 aromatic rings. The number of rotatable bonds is 34. The van der Waals surface area contributed by atoms with Crippen LogP contribution in [-0.2, 0) is 60.2 Å². The molecule has 2 saturated heterocycles. The number of hydrogen-bond donors (Lipinski definition) is 7. The summed E-state index contributed by atoms with van der Waals surface area (Å²) in [6, 6.07) is 0. The summed E-state index contributed by atoms with van der Waals surface area (Å²) in [6.07, 6.45) is 4.91. The van der Waals surface area contributed by atoms with Crippen LogP contribution in [0.25, 0.3) is 11.2 Å². The van der Waals surface area contributed by atoms with Crippen molar-refractivity contribution in [2.24, 2.45) is 5.41 Å². The van der Waals surface area contributed by atoms with Gasteiger partial charge >= 0.3 is 0 Å². The van der Waals surface area contributed by atoms with Gasteiger partial charge in [0.1, 0.15) is 42.4 Å². The Labute approximate surface area is 438 Å². The first-order valence-electron chi connectivity index (χ1n) is 24.5. The van der Waals surface area contributed by atoms with Crippen LogP contribution in [0.3, 0.4) is 0 Å². The Morgan fingerprint density at radius 1 is 0.933 bits per heavy atom. The van der Waals surface area contributed by atoms with Crippen molar-refractivity contribution in [3.63, 3.8) is 0 Å². The molecule has 0 bridgehead atoms. The number of aliphatic hydroxyl groups is 4. The number of imidazole rings is 1. The SMILES string of the molecule is C[C@H](CCCCCCCCCCC/C=C/C(=O)SCCNC(=O)CCNC(=O)[C@H](O)C(C)(C)COP(=O)([O-])OP(=O)([O-])OC[C@H]1O[C@@H](n2cnc3c(N)ncnc32)[C@H](O)[C@@H]1OP(=O)([O-])[O-])O[C@@H]1O[C@@H](C)[C@H](O)C[C@H]1O. The van der Waals surface area contributed by atoms with Gasteiger partial charge in [-0.15, -0.1) is 0 Å².